The summed E-state index contributed by atoms with van der Waals surface area (Å²) in [7, 11) is 0. The number of aryl methyl sites for hydroxylation is 2. The monoisotopic (exact) mass is 335 g/mol. The molecule has 128 valence electrons. The molecule has 3 rings (SSSR count). The first kappa shape index (κ1) is 16.8. The topological polar surface area (TPSA) is 72.7 Å². The average Bonchev–Trinajstić information content (AvgIpc) is 2.98. The molecular weight excluding hydrogens is 314 g/mol. The smallest absolute Gasteiger partial charge is 0.257 e. The van der Waals surface area contributed by atoms with E-state index in [4.69, 9.17) is 0 Å². The van der Waals surface area contributed by atoms with Crippen LogP contribution in [0.25, 0.3) is 5.69 Å². The van der Waals surface area contributed by atoms with Crippen LogP contribution in [0.2, 0.25) is 0 Å². The molecule has 6 nitrogen and oxygen atoms in total. The van der Waals surface area contributed by atoms with E-state index in [2.05, 4.69) is 40.5 Å². The van der Waals surface area contributed by atoms with Crippen LogP contribution in [0, 0.1) is 13.8 Å². The van der Waals surface area contributed by atoms with Gasteiger partial charge in [0, 0.05) is 0 Å². The second-order valence-corrected chi connectivity index (χ2v) is 5.94. The summed E-state index contributed by atoms with van der Waals surface area (Å²) < 4.78 is 1.91. The highest BCUT2D eigenvalue weighted by molar-refractivity contribution is 6.05. The Labute approximate surface area is 146 Å². The van der Waals surface area contributed by atoms with Gasteiger partial charge in [-0.3, -0.25) is 4.79 Å². The van der Waals surface area contributed by atoms with Gasteiger partial charge in [-0.25, -0.2) is 4.68 Å². The maximum atomic E-state index is 12.6. The van der Waals surface area contributed by atoms with Crippen LogP contribution in [-0.2, 0) is 6.42 Å². The Hall–Kier alpha value is -3.02. The molecule has 0 radical (unpaired) electrons. The molecule has 0 aliphatic carbocycles. The molecule has 1 amide bonds. The van der Waals surface area contributed by atoms with Gasteiger partial charge in [-0.2, -0.15) is 15.3 Å². The molecule has 0 spiro atoms. The maximum absolute atomic E-state index is 12.6. The lowest BCUT2D eigenvalue weighted by molar-refractivity contribution is 0.102. The minimum atomic E-state index is -0.200. The molecule has 2 heterocycles. The quantitative estimate of drug-likeness (QED) is 0.775. The summed E-state index contributed by atoms with van der Waals surface area (Å²) in [5.74, 6) is -0.200. The van der Waals surface area contributed by atoms with E-state index in [0.717, 1.165) is 35.5 Å². The highest BCUT2D eigenvalue weighted by Gasteiger charge is 2.17. The maximum Gasteiger partial charge on any atom is 0.257 e. The van der Waals surface area contributed by atoms with Crippen LogP contribution in [0.5, 0.6) is 0 Å². The van der Waals surface area contributed by atoms with Crippen LogP contribution >= 0.6 is 0 Å². The number of para-hydroxylation sites is 1. The van der Waals surface area contributed by atoms with Crippen molar-refractivity contribution in [1.82, 2.24) is 20.0 Å². The minimum Gasteiger partial charge on any atom is -0.319 e. The summed E-state index contributed by atoms with van der Waals surface area (Å²) in [4.78, 5) is 12.6. The van der Waals surface area contributed by atoms with Crippen LogP contribution in [0.3, 0.4) is 0 Å². The number of hydrogen-bond donors (Lipinski definition) is 1. The zero-order chi connectivity index (χ0) is 17.8. The molecule has 6 heteroatoms. The molecule has 0 atom stereocenters. The zero-order valence-electron chi connectivity index (χ0n) is 14.7. The molecule has 0 bridgehead atoms. The zero-order valence-corrected chi connectivity index (χ0v) is 14.7. The van der Waals surface area contributed by atoms with E-state index < -0.39 is 0 Å². The third-order valence-electron chi connectivity index (χ3n) is 4.10. The Kier molecular flexibility index (Phi) is 4.88. The van der Waals surface area contributed by atoms with Gasteiger partial charge in [-0.1, -0.05) is 31.5 Å². The van der Waals surface area contributed by atoms with Crippen LogP contribution < -0.4 is 5.32 Å². The number of anilines is 1. The number of aromatic nitrogens is 4. The lowest BCUT2D eigenvalue weighted by Gasteiger charge is -2.12. The molecule has 25 heavy (non-hydrogen) atoms. The Morgan fingerprint density at radius 3 is 2.72 bits per heavy atom. The first-order valence-corrected chi connectivity index (χ1v) is 8.34. The van der Waals surface area contributed by atoms with Crippen molar-refractivity contribution in [2.45, 2.75) is 33.6 Å². The number of nitrogens with zero attached hydrogens (tertiary/aromatic N) is 4. The van der Waals surface area contributed by atoms with E-state index >= 15 is 0 Å². The van der Waals surface area contributed by atoms with Gasteiger partial charge in [-0.15, -0.1) is 0 Å². The minimum absolute atomic E-state index is 0.200. The second-order valence-electron chi connectivity index (χ2n) is 5.94. The third kappa shape index (κ3) is 3.42. The molecule has 0 aliphatic rings. The Balaban J connectivity index is 1.96. The molecular formula is C19H21N5O. The van der Waals surface area contributed by atoms with Crippen molar-refractivity contribution in [3.63, 3.8) is 0 Å². The van der Waals surface area contributed by atoms with Crippen LogP contribution in [0.15, 0.2) is 42.7 Å². The molecule has 0 saturated carbocycles. The Morgan fingerprint density at radius 1 is 1.20 bits per heavy atom. The van der Waals surface area contributed by atoms with Crippen molar-refractivity contribution in [3.8, 4) is 5.69 Å². The molecule has 0 fully saturated rings. The first-order valence-electron chi connectivity index (χ1n) is 8.34. The van der Waals surface area contributed by atoms with Crippen LogP contribution in [-0.4, -0.2) is 25.9 Å². The predicted octanol–water partition coefficient (Wildman–Crippen LogP) is 3.48. The lowest BCUT2D eigenvalue weighted by Crippen LogP contribution is -2.15. The molecule has 3 aromatic rings. The number of hydrogen-bond acceptors (Lipinski definition) is 4. The fourth-order valence-corrected chi connectivity index (χ4v) is 2.80. The van der Waals surface area contributed by atoms with Crippen molar-refractivity contribution >= 4 is 11.6 Å². The number of carbonyl (C=O) groups is 1. The predicted molar refractivity (Wildman–Crippen MR) is 97.0 cm³/mol. The molecule has 0 saturated heterocycles. The van der Waals surface area contributed by atoms with Gasteiger partial charge in [0.25, 0.3) is 5.91 Å². The highest BCUT2D eigenvalue weighted by Crippen LogP contribution is 2.23. The van der Waals surface area contributed by atoms with Gasteiger partial charge in [0.2, 0.25) is 0 Å². The van der Waals surface area contributed by atoms with Crippen molar-refractivity contribution in [2.75, 3.05) is 5.32 Å². The SMILES string of the molecule is CCCc1c(NC(=O)c2ccnnc2C)cnn1-c1ccccc1C. The summed E-state index contributed by atoms with van der Waals surface area (Å²) in [5, 5.41) is 15.2. The largest absolute Gasteiger partial charge is 0.319 e. The third-order valence-corrected chi connectivity index (χ3v) is 4.10. The fraction of sp³-hybridized carbons (Fsp3) is 0.263. The van der Waals surface area contributed by atoms with Gasteiger partial charge in [-0.05, 0) is 38.0 Å². The average molecular weight is 335 g/mol. The molecule has 2 aromatic heterocycles. The number of amides is 1. The molecule has 0 unspecified atom stereocenters. The van der Waals surface area contributed by atoms with Gasteiger partial charge in [0.1, 0.15) is 0 Å². The van der Waals surface area contributed by atoms with Gasteiger partial charge < -0.3 is 5.32 Å². The molecule has 1 aromatic carbocycles. The normalized spacial score (nSPS) is 10.7. The highest BCUT2D eigenvalue weighted by atomic mass is 16.1. The van der Waals surface area contributed by atoms with E-state index in [9.17, 15) is 4.79 Å². The van der Waals surface area contributed by atoms with E-state index in [1.165, 1.54) is 6.20 Å². The number of rotatable bonds is 5. The second kappa shape index (κ2) is 7.25. The van der Waals surface area contributed by atoms with E-state index in [1.807, 2.05) is 22.9 Å². The van der Waals surface area contributed by atoms with E-state index in [-0.39, 0.29) is 5.91 Å². The van der Waals surface area contributed by atoms with Gasteiger partial charge >= 0.3 is 0 Å². The standard InChI is InChI=1S/C19H21N5O/c1-4-7-18-16(22-19(25)15-10-11-20-23-14(15)3)12-21-24(18)17-9-6-5-8-13(17)2/h5-6,8-12H,4,7H2,1-3H3,(H,22,25). The van der Waals surface area contributed by atoms with Crippen LogP contribution in [0.1, 0.15) is 40.7 Å². The molecule has 1 N–H and O–H groups in total. The van der Waals surface area contributed by atoms with Gasteiger partial charge in [0.15, 0.2) is 0 Å². The molecule has 0 aliphatic heterocycles. The fourth-order valence-electron chi connectivity index (χ4n) is 2.80. The summed E-state index contributed by atoms with van der Waals surface area (Å²) >= 11 is 0. The summed E-state index contributed by atoms with van der Waals surface area (Å²) in [6, 6.07) is 9.75. The van der Waals surface area contributed by atoms with Gasteiger partial charge in [0.05, 0.1) is 40.7 Å². The lowest BCUT2D eigenvalue weighted by atomic mass is 10.1. The van der Waals surface area contributed by atoms with Crippen molar-refractivity contribution < 1.29 is 4.79 Å². The summed E-state index contributed by atoms with van der Waals surface area (Å²) in [6.07, 6.45) is 5.00. The number of carbonyl (C=O) groups excluding carboxylic acids is 1. The first-order chi connectivity index (χ1) is 12.1. The van der Waals surface area contributed by atoms with E-state index in [0.29, 0.717) is 11.3 Å². The van der Waals surface area contributed by atoms with Crippen molar-refractivity contribution in [2.24, 2.45) is 0 Å². The summed E-state index contributed by atoms with van der Waals surface area (Å²) in [6.45, 7) is 5.93. The Bertz CT molecular complexity index is 900. The number of nitrogens with one attached hydrogen (secondary N) is 1. The van der Waals surface area contributed by atoms with Crippen molar-refractivity contribution in [3.05, 3.63) is 65.2 Å². The summed E-state index contributed by atoms with van der Waals surface area (Å²) in [5.41, 5.74) is 4.99. The van der Waals surface area contributed by atoms with E-state index in [1.54, 1.807) is 19.2 Å². The number of benzene rings is 1. The van der Waals surface area contributed by atoms with Crippen molar-refractivity contribution in [1.29, 1.82) is 0 Å². The van der Waals surface area contributed by atoms with Crippen LogP contribution in [0.4, 0.5) is 5.69 Å². The Morgan fingerprint density at radius 2 is 2.00 bits per heavy atom.